The van der Waals surface area contributed by atoms with Gasteiger partial charge < -0.3 is 10.5 Å². The first-order chi connectivity index (χ1) is 9.38. The van der Waals surface area contributed by atoms with Gasteiger partial charge in [-0.3, -0.25) is 0 Å². The Morgan fingerprint density at radius 2 is 1.80 bits per heavy atom. The normalized spacial score (nSPS) is 11.4. The fraction of sp³-hybridized carbons (Fsp3) is 0.143. The molecule has 0 aliphatic carbocycles. The molecule has 0 unspecified atom stereocenters. The van der Waals surface area contributed by atoms with E-state index in [0.29, 0.717) is 16.3 Å². The fourth-order valence-electron chi connectivity index (χ4n) is 1.66. The minimum atomic E-state index is -4.46. The molecule has 0 bridgehead atoms. The summed E-state index contributed by atoms with van der Waals surface area (Å²) in [4.78, 5) is 0. The third-order valence-electron chi connectivity index (χ3n) is 2.65. The second-order valence-corrected chi connectivity index (χ2v) is 4.54. The van der Waals surface area contributed by atoms with Crippen molar-refractivity contribution >= 4 is 17.3 Å². The number of para-hydroxylation sites is 1. The molecule has 0 fully saturated rings. The molecule has 0 aliphatic rings. The van der Waals surface area contributed by atoms with Crippen LogP contribution in [0.1, 0.15) is 11.1 Å². The van der Waals surface area contributed by atoms with Gasteiger partial charge in [0.15, 0.2) is 0 Å². The number of hydrogen-bond acceptors (Lipinski definition) is 2. The Bertz CT molecular complexity index is 614. The van der Waals surface area contributed by atoms with Crippen LogP contribution in [-0.2, 0) is 12.8 Å². The Hall–Kier alpha value is -1.88. The van der Waals surface area contributed by atoms with Crippen LogP contribution in [0.15, 0.2) is 42.5 Å². The molecule has 0 amide bonds. The van der Waals surface area contributed by atoms with Gasteiger partial charge in [0.25, 0.3) is 0 Å². The maximum atomic E-state index is 12.8. The van der Waals surface area contributed by atoms with Gasteiger partial charge in [-0.2, -0.15) is 13.2 Å². The number of nitrogens with two attached hydrogens (primary N) is 1. The van der Waals surface area contributed by atoms with Crippen molar-refractivity contribution in [1.29, 1.82) is 0 Å². The predicted octanol–water partition coefficient (Wildman–Crippen LogP) is 4.52. The van der Waals surface area contributed by atoms with Gasteiger partial charge in [-0.15, -0.1) is 0 Å². The molecule has 2 aromatic carbocycles. The number of rotatable bonds is 3. The molecule has 0 spiro atoms. The monoisotopic (exact) mass is 301 g/mol. The number of alkyl halides is 3. The van der Waals surface area contributed by atoms with Crippen LogP contribution in [0, 0.1) is 0 Å². The topological polar surface area (TPSA) is 35.2 Å². The van der Waals surface area contributed by atoms with Crippen LogP contribution in [0.5, 0.6) is 5.75 Å². The molecule has 6 heteroatoms. The zero-order valence-corrected chi connectivity index (χ0v) is 11.0. The van der Waals surface area contributed by atoms with E-state index < -0.39 is 11.7 Å². The SMILES string of the molecule is Nc1ccc(COc2ccccc2C(F)(F)F)c(Cl)c1. The Morgan fingerprint density at radius 3 is 2.45 bits per heavy atom. The minimum absolute atomic E-state index is 0.0633. The zero-order chi connectivity index (χ0) is 14.8. The van der Waals surface area contributed by atoms with Crippen LogP contribution < -0.4 is 10.5 Å². The average Bonchev–Trinajstić information content (AvgIpc) is 2.37. The summed E-state index contributed by atoms with van der Waals surface area (Å²) in [7, 11) is 0. The Balaban J connectivity index is 2.19. The molecular formula is C14H11ClF3NO. The number of nitrogen functional groups attached to an aromatic ring is 1. The lowest BCUT2D eigenvalue weighted by atomic mass is 10.2. The van der Waals surface area contributed by atoms with Crippen molar-refractivity contribution in [2.45, 2.75) is 12.8 Å². The molecule has 0 radical (unpaired) electrons. The lowest BCUT2D eigenvalue weighted by molar-refractivity contribution is -0.139. The quantitative estimate of drug-likeness (QED) is 0.846. The molecule has 0 saturated carbocycles. The highest BCUT2D eigenvalue weighted by atomic mass is 35.5. The van der Waals surface area contributed by atoms with Crippen LogP contribution in [0.4, 0.5) is 18.9 Å². The van der Waals surface area contributed by atoms with Crippen molar-refractivity contribution in [3.8, 4) is 5.75 Å². The Morgan fingerprint density at radius 1 is 1.10 bits per heavy atom. The molecule has 0 aliphatic heterocycles. The summed E-state index contributed by atoms with van der Waals surface area (Å²) in [5, 5.41) is 0.356. The summed E-state index contributed by atoms with van der Waals surface area (Å²) in [5.74, 6) is -0.229. The van der Waals surface area contributed by atoms with Gasteiger partial charge in [-0.1, -0.05) is 29.8 Å². The van der Waals surface area contributed by atoms with Crippen molar-refractivity contribution in [2.75, 3.05) is 5.73 Å². The van der Waals surface area contributed by atoms with Crippen molar-refractivity contribution in [2.24, 2.45) is 0 Å². The maximum absolute atomic E-state index is 12.8. The van der Waals surface area contributed by atoms with Crippen molar-refractivity contribution in [3.05, 3.63) is 58.6 Å². The molecule has 20 heavy (non-hydrogen) atoms. The van der Waals surface area contributed by atoms with E-state index in [-0.39, 0.29) is 12.4 Å². The molecule has 2 aromatic rings. The van der Waals surface area contributed by atoms with Crippen molar-refractivity contribution in [1.82, 2.24) is 0 Å². The zero-order valence-electron chi connectivity index (χ0n) is 10.2. The third-order valence-corrected chi connectivity index (χ3v) is 3.00. The first-order valence-corrected chi connectivity index (χ1v) is 6.08. The molecule has 106 valence electrons. The van der Waals surface area contributed by atoms with E-state index in [4.69, 9.17) is 22.1 Å². The molecule has 0 atom stereocenters. The predicted molar refractivity (Wildman–Crippen MR) is 71.6 cm³/mol. The van der Waals surface area contributed by atoms with E-state index in [1.807, 2.05) is 0 Å². The standard InChI is InChI=1S/C14H11ClF3NO/c15-12-7-10(19)6-5-9(12)8-20-13-4-2-1-3-11(13)14(16,17)18/h1-7H,8,19H2. The van der Waals surface area contributed by atoms with Crippen LogP contribution in [0.3, 0.4) is 0 Å². The number of hydrogen-bond donors (Lipinski definition) is 1. The van der Waals surface area contributed by atoms with Gasteiger partial charge in [0.05, 0.1) is 5.56 Å². The second kappa shape index (κ2) is 5.63. The highest BCUT2D eigenvalue weighted by Crippen LogP contribution is 2.36. The van der Waals surface area contributed by atoms with Gasteiger partial charge >= 0.3 is 6.18 Å². The number of ether oxygens (including phenoxy) is 1. The average molecular weight is 302 g/mol. The van der Waals surface area contributed by atoms with Crippen LogP contribution in [-0.4, -0.2) is 0 Å². The Kier molecular flexibility index (Phi) is 4.09. The molecule has 0 heterocycles. The van der Waals surface area contributed by atoms with Crippen LogP contribution >= 0.6 is 11.6 Å². The molecule has 0 saturated heterocycles. The number of halogens is 4. The first-order valence-electron chi connectivity index (χ1n) is 5.71. The Labute approximate surface area is 118 Å². The van der Waals surface area contributed by atoms with Crippen molar-refractivity contribution in [3.63, 3.8) is 0 Å². The van der Waals surface area contributed by atoms with E-state index >= 15 is 0 Å². The first kappa shape index (κ1) is 14.5. The van der Waals surface area contributed by atoms with E-state index in [0.717, 1.165) is 6.07 Å². The minimum Gasteiger partial charge on any atom is -0.488 e. The van der Waals surface area contributed by atoms with E-state index in [9.17, 15) is 13.2 Å². The summed E-state index contributed by atoms with van der Waals surface area (Å²) >= 11 is 5.94. The molecule has 2 nitrogen and oxygen atoms in total. The summed E-state index contributed by atoms with van der Waals surface area (Å²) < 4.78 is 43.6. The highest BCUT2D eigenvalue weighted by Gasteiger charge is 2.34. The molecule has 0 aromatic heterocycles. The summed E-state index contributed by atoms with van der Waals surface area (Å²) in [5.41, 5.74) is 5.78. The maximum Gasteiger partial charge on any atom is 0.419 e. The lowest BCUT2D eigenvalue weighted by Gasteiger charge is -2.14. The number of anilines is 1. The van der Waals surface area contributed by atoms with Gasteiger partial charge in [0, 0.05) is 16.3 Å². The van der Waals surface area contributed by atoms with E-state index in [1.165, 1.54) is 24.3 Å². The fourth-order valence-corrected chi connectivity index (χ4v) is 1.91. The summed E-state index contributed by atoms with van der Waals surface area (Å²) in [6, 6.07) is 9.79. The van der Waals surface area contributed by atoms with Crippen LogP contribution in [0.25, 0.3) is 0 Å². The molecule has 2 rings (SSSR count). The number of benzene rings is 2. The summed E-state index contributed by atoms with van der Waals surface area (Å²) in [6.07, 6.45) is -4.46. The largest absolute Gasteiger partial charge is 0.488 e. The van der Waals surface area contributed by atoms with Gasteiger partial charge in [0.2, 0.25) is 0 Å². The van der Waals surface area contributed by atoms with E-state index in [2.05, 4.69) is 0 Å². The highest BCUT2D eigenvalue weighted by molar-refractivity contribution is 6.31. The molecule has 2 N–H and O–H groups in total. The molecular weight excluding hydrogens is 291 g/mol. The van der Waals surface area contributed by atoms with Crippen LogP contribution in [0.2, 0.25) is 5.02 Å². The van der Waals surface area contributed by atoms with E-state index in [1.54, 1.807) is 12.1 Å². The van der Waals surface area contributed by atoms with Gasteiger partial charge in [0.1, 0.15) is 12.4 Å². The summed E-state index contributed by atoms with van der Waals surface area (Å²) in [6.45, 7) is -0.0633. The lowest BCUT2D eigenvalue weighted by Crippen LogP contribution is -2.08. The van der Waals surface area contributed by atoms with Gasteiger partial charge in [-0.25, -0.2) is 0 Å². The van der Waals surface area contributed by atoms with Gasteiger partial charge in [-0.05, 0) is 24.3 Å². The second-order valence-electron chi connectivity index (χ2n) is 4.13. The smallest absolute Gasteiger partial charge is 0.419 e. The van der Waals surface area contributed by atoms with Crippen molar-refractivity contribution < 1.29 is 17.9 Å². The third kappa shape index (κ3) is 3.36.